The molecule has 0 saturated carbocycles. The highest BCUT2D eigenvalue weighted by Crippen LogP contribution is 2.20. The lowest BCUT2D eigenvalue weighted by Gasteiger charge is -2.27. The van der Waals surface area contributed by atoms with Crippen LogP contribution in [0.15, 0.2) is 85.1 Å². The number of fused-ring (bicyclic) bond motifs is 1. The number of carbonyl (C=O) groups is 10. The Morgan fingerprint density at radius 3 is 1.64 bits per heavy atom. The van der Waals surface area contributed by atoms with Crippen molar-refractivity contribution in [2.75, 3.05) is 19.8 Å². The summed E-state index contributed by atoms with van der Waals surface area (Å²) in [5.74, 6) is -10.2. The zero-order valence-electron chi connectivity index (χ0n) is 39.2. The third-order valence-corrected chi connectivity index (χ3v) is 11.0. The van der Waals surface area contributed by atoms with E-state index in [2.05, 4.69) is 47.5 Å². The Hall–Kier alpha value is -8.42. The Balaban J connectivity index is 1.54. The Kier molecular flexibility index (Phi) is 21.1. The highest BCUT2D eigenvalue weighted by molar-refractivity contribution is 5.99. The van der Waals surface area contributed by atoms with E-state index < -0.39 is 134 Å². The maximum Gasteiger partial charge on any atom is 0.326 e. The van der Waals surface area contributed by atoms with E-state index in [0.29, 0.717) is 27.6 Å². The quantitative estimate of drug-likeness (QED) is 0.0269. The average molecular weight is 1000 g/mol. The van der Waals surface area contributed by atoms with Gasteiger partial charge in [0.05, 0.1) is 26.2 Å². The number of amides is 9. The number of carbonyl (C=O) groups excluding carboxylic acids is 9. The fourth-order valence-electron chi connectivity index (χ4n) is 6.99. The van der Waals surface area contributed by atoms with Gasteiger partial charge in [-0.2, -0.15) is 0 Å². The minimum Gasteiger partial charge on any atom is -0.508 e. The highest BCUT2D eigenvalue weighted by atomic mass is 16.4. The van der Waals surface area contributed by atoms with Gasteiger partial charge in [-0.05, 0) is 48.7 Å². The molecule has 0 bridgehead atoms. The zero-order chi connectivity index (χ0) is 53.1. The van der Waals surface area contributed by atoms with Crippen LogP contribution in [-0.2, 0) is 67.2 Å². The molecule has 386 valence electrons. The third kappa shape index (κ3) is 17.2. The molecule has 4 aromatic rings. The van der Waals surface area contributed by atoms with Gasteiger partial charge in [-0.25, -0.2) is 4.79 Å². The fraction of sp³-hybridized carbons (Fsp3) is 0.362. The second kappa shape index (κ2) is 27.1. The summed E-state index contributed by atoms with van der Waals surface area (Å²) in [6.07, 6.45) is 0.263. The molecule has 1 aromatic heterocycles. The van der Waals surface area contributed by atoms with E-state index >= 15 is 0 Å². The first-order chi connectivity index (χ1) is 34.2. The van der Waals surface area contributed by atoms with Gasteiger partial charge < -0.3 is 79.4 Å². The summed E-state index contributed by atoms with van der Waals surface area (Å²) in [5.41, 5.74) is 13.1. The Labute approximate surface area is 411 Å². The second-order valence-corrected chi connectivity index (χ2v) is 16.6. The van der Waals surface area contributed by atoms with Crippen LogP contribution in [0.2, 0.25) is 0 Å². The number of aliphatic hydroxyl groups is 2. The van der Waals surface area contributed by atoms with Crippen LogP contribution >= 0.6 is 0 Å². The number of rotatable bonds is 27. The molecule has 25 nitrogen and oxygen atoms in total. The van der Waals surface area contributed by atoms with Gasteiger partial charge in [0.15, 0.2) is 0 Å². The molecule has 4 rings (SSSR count). The Morgan fingerprint density at radius 1 is 0.556 bits per heavy atom. The molecule has 17 N–H and O–H groups in total. The van der Waals surface area contributed by atoms with Crippen LogP contribution in [0.25, 0.3) is 10.9 Å². The number of H-pyrrole nitrogens is 1. The second-order valence-electron chi connectivity index (χ2n) is 16.6. The van der Waals surface area contributed by atoms with Crippen molar-refractivity contribution in [1.29, 1.82) is 0 Å². The van der Waals surface area contributed by atoms with Crippen molar-refractivity contribution in [3.8, 4) is 5.75 Å². The molecule has 0 spiro atoms. The molecule has 3 aromatic carbocycles. The van der Waals surface area contributed by atoms with E-state index in [4.69, 9.17) is 16.6 Å². The molecule has 0 aliphatic rings. The van der Waals surface area contributed by atoms with Crippen molar-refractivity contribution in [2.24, 2.45) is 11.5 Å². The number of carboxylic acids is 1. The number of hydrogen-bond donors (Lipinski definition) is 15. The molecule has 0 saturated heterocycles. The van der Waals surface area contributed by atoms with Crippen LogP contribution in [0.3, 0.4) is 0 Å². The summed E-state index contributed by atoms with van der Waals surface area (Å²) < 4.78 is 0. The monoisotopic (exact) mass is 1000 g/mol. The van der Waals surface area contributed by atoms with E-state index in [1.165, 1.54) is 38.1 Å². The maximum atomic E-state index is 14.5. The van der Waals surface area contributed by atoms with E-state index in [9.17, 15) is 63.3 Å². The Morgan fingerprint density at radius 2 is 1.06 bits per heavy atom. The number of nitrogens with one attached hydrogen (secondary N) is 9. The fourth-order valence-corrected chi connectivity index (χ4v) is 6.99. The van der Waals surface area contributed by atoms with Crippen LogP contribution < -0.4 is 54.0 Å². The average Bonchev–Trinajstić information content (AvgIpc) is 3.76. The van der Waals surface area contributed by atoms with Gasteiger partial charge in [-0.3, -0.25) is 43.2 Å². The number of aromatic hydroxyl groups is 1. The molecule has 0 aliphatic heterocycles. The van der Waals surface area contributed by atoms with Crippen LogP contribution in [-0.4, -0.2) is 153 Å². The topological polar surface area (TPSA) is 416 Å². The molecule has 0 aliphatic carbocycles. The zero-order valence-corrected chi connectivity index (χ0v) is 39.2. The number of nitrogens with two attached hydrogens (primary N) is 2. The van der Waals surface area contributed by atoms with Crippen LogP contribution in [0.4, 0.5) is 0 Å². The number of carboxylic acid groups (broad SMARTS) is 1. The first-order valence-electron chi connectivity index (χ1n) is 22.4. The van der Waals surface area contributed by atoms with E-state index in [1.54, 1.807) is 60.8 Å². The lowest BCUT2D eigenvalue weighted by Crippen LogP contribution is -2.60. The SMILES string of the molecule is C[C@H](NC(=O)[C@H](CO)NC(=O)CNC(=O)[C@@H](N)CO)C(=O)N[C@@H](CC(N)=O)C(=O)N[C@@H](Cc1c[nH]c2ccccc12)C(=O)N[C@@H](Cc1ccccc1)C(=O)N[C@@H](C)C(=O)N[C@@H](Cc1ccc(O)cc1)C(=O)O. The molecule has 0 radical (unpaired) electrons. The highest BCUT2D eigenvalue weighted by Gasteiger charge is 2.34. The van der Waals surface area contributed by atoms with Gasteiger partial charge in [-0.15, -0.1) is 0 Å². The number of phenolic OH excluding ortho intramolecular Hbond substituents is 1. The normalized spacial score (nSPS) is 14.3. The van der Waals surface area contributed by atoms with E-state index in [-0.39, 0.29) is 25.0 Å². The van der Waals surface area contributed by atoms with Gasteiger partial charge in [0.25, 0.3) is 0 Å². The lowest BCUT2D eigenvalue weighted by molar-refractivity contribution is -0.142. The van der Waals surface area contributed by atoms with Gasteiger partial charge in [0.1, 0.15) is 54.1 Å². The van der Waals surface area contributed by atoms with Gasteiger partial charge in [0.2, 0.25) is 53.2 Å². The number of aromatic amines is 1. The molecule has 0 unspecified atom stereocenters. The van der Waals surface area contributed by atoms with Crippen LogP contribution in [0.1, 0.15) is 37.0 Å². The molecule has 72 heavy (non-hydrogen) atoms. The molecule has 8 atom stereocenters. The van der Waals surface area contributed by atoms with E-state index in [1.807, 2.05) is 0 Å². The number of hydrogen-bond acceptors (Lipinski definition) is 14. The molecular weight excluding hydrogens is 943 g/mol. The minimum atomic E-state index is -1.76. The summed E-state index contributed by atoms with van der Waals surface area (Å²) in [7, 11) is 0. The van der Waals surface area contributed by atoms with Crippen molar-refractivity contribution >= 4 is 70.0 Å². The molecule has 25 heteroatoms. The Bertz CT molecular complexity index is 2580. The molecule has 9 amide bonds. The summed E-state index contributed by atoms with van der Waals surface area (Å²) >= 11 is 0. The van der Waals surface area contributed by atoms with Crippen molar-refractivity contribution in [3.05, 3.63) is 102 Å². The number of phenols is 1. The minimum absolute atomic E-state index is 0.0446. The first kappa shape index (κ1) is 56.2. The third-order valence-electron chi connectivity index (χ3n) is 11.0. The van der Waals surface area contributed by atoms with Crippen LogP contribution in [0, 0.1) is 0 Å². The number of aliphatic hydroxyl groups excluding tert-OH is 2. The largest absolute Gasteiger partial charge is 0.508 e. The number of aliphatic carboxylic acids is 1. The van der Waals surface area contributed by atoms with Crippen LogP contribution in [0.5, 0.6) is 5.75 Å². The predicted octanol–water partition coefficient (Wildman–Crippen LogP) is -4.28. The smallest absolute Gasteiger partial charge is 0.326 e. The number of primary amides is 1. The summed E-state index contributed by atoms with van der Waals surface area (Å²) in [4.78, 5) is 134. The number of aromatic nitrogens is 1. The molecule has 1 heterocycles. The van der Waals surface area contributed by atoms with Gasteiger partial charge in [0, 0.05) is 36.4 Å². The molecule has 0 fully saturated rings. The summed E-state index contributed by atoms with van der Waals surface area (Å²) in [6.45, 7) is 0.136. The van der Waals surface area contributed by atoms with Crippen molar-refractivity contribution < 1.29 is 68.4 Å². The first-order valence-corrected chi connectivity index (χ1v) is 22.4. The standard InChI is InChI=1S/C47H59N11O14/c1-24(53-46(70)37(23-60)54-39(63)21-51-42(66)31(48)22-59)40(64)55-35(19-38(49)62)45(69)57-34(18-28-20-50-32-11-7-6-10-30(28)32)44(68)56-33(16-26-8-4-3-5-9-26)43(67)52-25(2)41(65)58-36(47(71)72)17-27-12-14-29(61)15-13-27/h3-15,20,24-25,31,33-37,50,59-61H,16-19,21-23,48H2,1-2H3,(H2,49,62)(H,51,66)(H,52,67)(H,53,70)(H,54,63)(H,55,64)(H,56,68)(H,57,69)(H,58,65)(H,71,72)/t24-,25-,31-,33-,34-,35-,36-,37-/m0/s1. The van der Waals surface area contributed by atoms with Gasteiger partial charge in [-0.1, -0.05) is 60.7 Å². The maximum absolute atomic E-state index is 14.5. The molecular formula is C47H59N11O14. The van der Waals surface area contributed by atoms with Crippen molar-refractivity contribution in [3.63, 3.8) is 0 Å². The van der Waals surface area contributed by atoms with E-state index in [0.717, 1.165) is 0 Å². The van der Waals surface area contributed by atoms with Crippen molar-refractivity contribution in [2.45, 2.75) is 87.9 Å². The summed E-state index contributed by atoms with van der Waals surface area (Å²) in [5, 5.41) is 57.9. The lowest BCUT2D eigenvalue weighted by atomic mass is 10.0. The number of benzene rings is 3. The van der Waals surface area contributed by atoms with Crippen molar-refractivity contribution in [1.82, 2.24) is 47.5 Å². The number of para-hydroxylation sites is 1. The predicted molar refractivity (Wildman–Crippen MR) is 255 cm³/mol. The summed E-state index contributed by atoms with van der Waals surface area (Å²) in [6, 6.07) is 9.22. The van der Waals surface area contributed by atoms with Gasteiger partial charge >= 0.3 is 5.97 Å².